The number of likely N-dealkylation sites (tertiary alicyclic amines) is 1. The highest BCUT2D eigenvalue weighted by molar-refractivity contribution is 5.87. The summed E-state index contributed by atoms with van der Waals surface area (Å²) >= 11 is 0. The number of hydrogen-bond acceptors (Lipinski definition) is 7. The molecule has 1 fully saturated rings. The Balaban J connectivity index is 1.68. The minimum atomic E-state index is -4.98. The van der Waals surface area contributed by atoms with Gasteiger partial charge in [0.2, 0.25) is 11.2 Å². The quantitative estimate of drug-likeness (QED) is 0.306. The lowest BCUT2D eigenvalue weighted by atomic mass is 9.95. The second-order valence-electron chi connectivity index (χ2n) is 9.41. The van der Waals surface area contributed by atoms with Crippen molar-refractivity contribution < 1.29 is 32.2 Å². The van der Waals surface area contributed by atoms with Crippen LogP contribution in [0.4, 0.5) is 13.2 Å². The molecule has 0 amide bonds. The van der Waals surface area contributed by atoms with Crippen LogP contribution < -0.4 is 14.9 Å². The van der Waals surface area contributed by atoms with E-state index in [9.17, 15) is 23.1 Å². The lowest BCUT2D eigenvalue weighted by Crippen LogP contribution is -2.33. The molecule has 0 spiro atoms. The number of methoxy groups -OCH3 is 2. The van der Waals surface area contributed by atoms with E-state index in [1.807, 2.05) is 12.1 Å². The van der Waals surface area contributed by atoms with E-state index < -0.39 is 22.9 Å². The predicted octanol–water partition coefficient (Wildman–Crippen LogP) is 6.32. The van der Waals surface area contributed by atoms with Crippen molar-refractivity contribution >= 4 is 11.0 Å². The van der Waals surface area contributed by atoms with Gasteiger partial charge in [-0.15, -0.1) is 0 Å². The van der Waals surface area contributed by atoms with Crippen LogP contribution in [0.1, 0.15) is 42.2 Å². The van der Waals surface area contributed by atoms with Gasteiger partial charge in [0.05, 0.1) is 30.7 Å². The molecule has 1 atom stereocenters. The van der Waals surface area contributed by atoms with E-state index in [1.165, 1.54) is 44.6 Å². The number of phenols is 1. The maximum absolute atomic E-state index is 14.4. The number of halogens is 3. The van der Waals surface area contributed by atoms with Crippen LogP contribution in [0.15, 0.2) is 64.1 Å². The van der Waals surface area contributed by atoms with Crippen molar-refractivity contribution in [3.05, 3.63) is 82.0 Å². The number of aromatic hydroxyl groups is 1. The zero-order valence-electron chi connectivity index (χ0n) is 21.4. The molecule has 0 radical (unpaired) electrons. The molecule has 4 aromatic rings. The van der Waals surface area contributed by atoms with Gasteiger partial charge in [-0.25, -0.2) is 0 Å². The molecule has 10 heteroatoms. The average Bonchev–Trinajstić information content (AvgIpc) is 2.94. The topological polar surface area (TPSA) is 85.0 Å². The molecule has 1 aliphatic heterocycles. The number of ether oxygens (including phenoxy) is 2. The highest BCUT2D eigenvalue weighted by atomic mass is 19.4. The fourth-order valence-electron chi connectivity index (χ4n) is 5.24. The van der Waals surface area contributed by atoms with Crippen molar-refractivity contribution in [3.8, 4) is 28.4 Å². The summed E-state index contributed by atoms with van der Waals surface area (Å²) in [5.74, 6) is -1.22. The predicted molar refractivity (Wildman–Crippen MR) is 139 cm³/mol. The lowest BCUT2D eigenvalue weighted by molar-refractivity contribution is -0.152. The summed E-state index contributed by atoms with van der Waals surface area (Å²) in [4.78, 5) is 19.9. The van der Waals surface area contributed by atoms with E-state index >= 15 is 0 Å². The Labute approximate surface area is 222 Å². The lowest BCUT2D eigenvalue weighted by Gasteiger charge is -2.36. The number of benzene rings is 2. The molecule has 0 bridgehead atoms. The Hall–Kier alpha value is -4.05. The summed E-state index contributed by atoms with van der Waals surface area (Å²) in [5.41, 5.74) is -0.710. The first kappa shape index (κ1) is 26.6. The summed E-state index contributed by atoms with van der Waals surface area (Å²) < 4.78 is 59.1. The Bertz CT molecular complexity index is 1550. The van der Waals surface area contributed by atoms with Gasteiger partial charge in [0, 0.05) is 25.0 Å². The molecule has 1 saturated heterocycles. The Morgan fingerprint density at radius 2 is 1.90 bits per heavy atom. The Morgan fingerprint density at radius 1 is 1.10 bits per heavy atom. The van der Waals surface area contributed by atoms with Gasteiger partial charge in [-0.05, 0) is 60.8 Å². The molecule has 39 heavy (non-hydrogen) atoms. The molecule has 7 nitrogen and oxygen atoms in total. The number of alkyl halides is 3. The number of hydrogen-bond donors (Lipinski definition) is 1. The molecule has 0 aliphatic carbocycles. The van der Waals surface area contributed by atoms with Crippen LogP contribution >= 0.6 is 0 Å². The van der Waals surface area contributed by atoms with Crippen molar-refractivity contribution in [2.45, 2.75) is 38.0 Å². The number of fused-ring (bicyclic) bond motifs is 1. The summed E-state index contributed by atoms with van der Waals surface area (Å²) in [6.45, 7) is 0.758. The second kappa shape index (κ2) is 10.6. The van der Waals surface area contributed by atoms with E-state index in [0.717, 1.165) is 24.8 Å². The molecule has 2 aromatic heterocycles. The van der Waals surface area contributed by atoms with Crippen molar-refractivity contribution in [2.75, 3.05) is 20.8 Å². The molecular weight excluding hydrogens is 513 g/mol. The van der Waals surface area contributed by atoms with Crippen LogP contribution in [-0.2, 0) is 12.7 Å². The van der Waals surface area contributed by atoms with Gasteiger partial charge >= 0.3 is 6.18 Å². The first-order valence-corrected chi connectivity index (χ1v) is 12.5. The normalized spacial score (nSPS) is 16.4. The zero-order chi connectivity index (χ0) is 27.7. The van der Waals surface area contributed by atoms with Crippen LogP contribution in [-0.4, -0.2) is 35.8 Å². The summed E-state index contributed by atoms with van der Waals surface area (Å²) in [5, 5.41) is 10.7. The molecule has 3 heterocycles. The number of pyridine rings is 1. The molecular formula is C29H27F3N2O5. The molecule has 0 unspecified atom stereocenters. The van der Waals surface area contributed by atoms with E-state index in [1.54, 1.807) is 12.4 Å². The number of piperidine rings is 1. The van der Waals surface area contributed by atoms with Crippen LogP contribution in [0, 0.1) is 0 Å². The van der Waals surface area contributed by atoms with Crippen LogP contribution in [0.2, 0.25) is 0 Å². The fraction of sp³-hybridized carbons (Fsp3) is 0.310. The number of rotatable bonds is 6. The highest BCUT2D eigenvalue weighted by Crippen LogP contribution is 2.42. The molecule has 2 aromatic carbocycles. The fourth-order valence-corrected chi connectivity index (χ4v) is 5.24. The van der Waals surface area contributed by atoms with Crippen LogP contribution in [0.3, 0.4) is 0 Å². The maximum Gasteiger partial charge on any atom is 0.450 e. The number of aromatic nitrogens is 1. The molecule has 204 valence electrons. The third kappa shape index (κ3) is 5.04. The van der Waals surface area contributed by atoms with Gasteiger partial charge in [0.1, 0.15) is 11.3 Å². The van der Waals surface area contributed by atoms with Gasteiger partial charge in [-0.1, -0.05) is 18.6 Å². The SMILES string of the molecule is COc1ccc(-c2c(C(F)(F)F)oc3c(CN4CCCC[C@H]4c4cccnc4)c(O)ccc3c2=O)cc1OC. The van der Waals surface area contributed by atoms with Crippen molar-refractivity contribution in [1.29, 1.82) is 0 Å². The van der Waals surface area contributed by atoms with Gasteiger partial charge < -0.3 is 19.0 Å². The van der Waals surface area contributed by atoms with Crippen molar-refractivity contribution in [3.63, 3.8) is 0 Å². The van der Waals surface area contributed by atoms with E-state index in [0.29, 0.717) is 12.3 Å². The molecule has 5 rings (SSSR count). The minimum absolute atomic E-state index is 0.0297. The minimum Gasteiger partial charge on any atom is -0.507 e. The average molecular weight is 541 g/mol. The summed E-state index contributed by atoms with van der Waals surface area (Å²) in [6.07, 6.45) is 1.17. The van der Waals surface area contributed by atoms with E-state index in [2.05, 4.69) is 9.88 Å². The highest BCUT2D eigenvalue weighted by Gasteiger charge is 2.40. The zero-order valence-corrected chi connectivity index (χ0v) is 21.4. The summed E-state index contributed by atoms with van der Waals surface area (Å²) in [6, 6.07) is 10.4. The van der Waals surface area contributed by atoms with Gasteiger partial charge in [0.25, 0.3) is 0 Å². The third-order valence-electron chi connectivity index (χ3n) is 7.11. The summed E-state index contributed by atoms with van der Waals surface area (Å²) in [7, 11) is 2.75. The molecule has 1 N–H and O–H groups in total. The largest absolute Gasteiger partial charge is 0.507 e. The van der Waals surface area contributed by atoms with E-state index in [4.69, 9.17) is 13.9 Å². The monoisotopic (exact) mass is 540 g/mol. The Morgan fingerprint density at radius 3 is 2.59 bits per heavy atom. The number of nitrogens with zero attached hydrogens (tertiary/aromatic N) is 2. The van der Waals surface area contributed by atoms with E-state index in [-0.39, 0.29) is 46.2 Å². The van der Waals surface area contributed by atoms with Gasteiger partial charge in [0.15, 0.2) is 11.5 Å². The first-order chi connectivity index (χ1) is 18.7. The van der Waals surface area contributed by atoms with Crippen molar-refractivity contribution in [2.24, 2.45) is 0 Å². The molecule has 1 aliphatic rings. The smallest absolute Gasteiger partial charge is 0.450 e. The third-order valence-corrected chi connectivity index (χ3v) is 7.11. The van der Waals surface area contributed by atoms with Gasteiger partial charge in [-0.2, -0.15) is 13.2 Å². The van der Waals surface area contributed by atoms with Crippen LogP contribution in [0.5, 0.6) is 17.2 Å². The standard InChI is InChI=1S/C29H27F3N2O5/c1-37-23-11-8-17(14-24(23)38-2)25-26(36)19-9-10-22(35)20(27(19)39-28(25)29(30,31)32)16-34-13-4-3-7-21(34)18-6-5-12-33-15-18/h5-6,8-12,14-15,21,35H,3-4,7,13,16H2,1-2H3/t21-/m0/s1. The maximum atomic E-state index is 14.4. The second-order valence-corrected chi connectivity index (χ2v) is 9.41. The van der Waals surface area contributed by atoms with Gasteiger partial charge in [-0.3, -0.25) is 14.7 Å². The number of phenolic OH excluding ortho intramolecular Hbond substituents is 1. The van der Waals surface area contributed by atoms with Crippen LogP contribution in [0.25, 0.3) is 22.1 Å². The Kier molecular flexibility index (Phi) is 7.22. The molecule has 0 saturated carbocycles. The van der Waals surface area contributed by atoms with Crippen molar-refractivity contribution in [1.82, 2.24) is 9.88 Å². The first-order valence-electron chi connectivity index (χ1n) is 12.5.